The zero-order chi connectivity index (χ0) is 21.6. The first-order valence-electron chi connectivity index (χ1n) is 9.34. The normalized spacial score (nSPS) is 16.8. The smallest absolute Gasteiger partial charge is 0.341 e. The maximum Gasteiger partial charge on any atom is 0.341 e. The highest BCUT2D eigenvalue weighted by atomic mass is 35.5. The largest absolute Gasteiger partial charge is 0.462 e. The van der Waals surface area contributed by atoms with Crippen LogP contribution in [0.5, 0.6) is 0 Å². The minimum Gasteiger partial charge on any atom is -0.462 e. The second-order valence-electron chi connectivity index (χ2n) is 8.22. The van der Waals surface area contributed by atoms with E-state index in [0.717, 1.165) is 10.4 Å². The third kappa shape index (κ3) is 4.45. The number of hydrogen-bond acceptors (Lipinski definition) is 5. The lowest BCUT2D eigenvalue weighted by Crippen LogP contribution is -2.55. The van der Waals surface area contributed by atoms with Gasteiger partial charge in [0.15, 0.2) is 0 Å². The summed E-state index contributed by atoms with van der Waals surface area (Å²) in [4.78, 5) is 26.7. The predicted octanol–water partition coefficient (Wildman–Crippen LogP) is 5.64. The van der Waals surface area contributed by atoms with Gasteiger partial charge in [0.1, 0.15) is 5.00 Å². The molecule has 0 aliphatic carbocycles. The number of carbonyl (C=O) groups excluding carboxylic acids is 2. The van der Waals surface area contributed by atoms with Crippen LogP contribution in [0, 0.1) is 0 Å². The number of thiophene rings is 1. The Balaban J connectivity index is 2.08. The molecule has 0 radical (unpaired) electrons. The lowest BCUT2D eigenvalue weighted by Gasteiger charge is -2.42. The molecule has 3 rings (SSSR count). The number of fused-ring (bicyclic) bond motifs is 1. The first-order chi connectivity index (χ1) is 13.4. The average Bonchev–Trinajstić information content (AvgIpc) is 2.91. The molecule has 0 unspecified atom stereocenters. The fourth-order valence-electron chi connectivity index (χ4n) is 3.88. The number of hydrogen-bond donors (Lipinski definition) is 2. The lowest BCUT2D eigenvalue weighted by atomic mass is 9.81. The molecule has 2 heterocycles. The minimum atomic E-state index is -0.434. The molecule has 0 fully saturated rings. The first-order valence-corrected chi connectivity index (χ1v) is 10.9. The van der Waals surface area contributed by atoms with Crippen LogP contribution in [0.3, 0.4) is 0 Å². The first kappa shape index (κ1) is 22.1. The number of benzene rings is 1. The molecule has 8 heteroatoms. The van der Waals surface area contributed by atoms with Gasteiger partial charge in [0.05, 0.1) is 22.8 Å². The van der Waals surface area contributed by atoms with E-state index in [1.807, 2.05) is 0 Å². The molecule has 0 bridgehead atoms. The highest BCUT2D eigenvalue weighted by molar-refractivity contribution is 7.17. The van der Waals surface area contributed by atoms with Gasteiger partial charge in [0, 0.05) is 21.0 Å². The van der Waals surface area contributed by atoms with E-state index in [-0.39, 0.29) is 28.3 Å². The molecule has 1 aliphatic rings. The number of halogens is 2. The summed E-state index contributed by atoms with van der Waals surface area (Å²) in [6.07, 6.45) is 0.647. The van der Waals surface area contributed by atoms with E-state index in [9.17, 15) is 9.59 Å². The molecule has 5 nitrogen and oxygen atoms in total. The topological polar surface area (TPSA) is 67.4 Å². The highest BCUT2D eigenvalue weighted by Gasteiger charge is 2.42. The van der Waals surface area contributed by atoms with Crippen molar-refractivity contribution < 1.29 is 14.3 Å². The third-order valence-corrected chi connectivity index (χ3v) is 6.75. The SMILES string of the molecule is CCOC(=O)c1c(NC(=O)c2ccc(Cl)cc2Cl)sc2c1CC(C)(C)NC2(C)C. The van der Waals surface area contributed by atoms with Crippen LogP contribution in [0.2, 0.25) is 10.0 Å². The van der Waals surface area contributed by atoms with Gasteiger partial charge in [-0.05, 0) is 64.8 Å². The van der Waals surface area contributed by atoms with Gasteiger partial charge in [0.25, 0.3) is 5.91 Å². The zero-order valence-electron chi connectivity index (χ0n) is 17.0. The molecule has 0 spiro atoms. The molecule has 1 amide bonds. The quantitative estimate of drug-likeness (QED) is 0.586. The van der Waals surface area contributed by atoms with Crippen LogP contribution in [0.4, 0.5) is 5.00 Å². The summed E-state index contributed by atoms with van der Waals surface area (Å²) in [5.74, 6) is -0.836. The molecular weight excluding hydrogens is 431 g/mol. The average molecular weight is 455 g/mol. The van der Waals surface area contributed by atoms with Crippen molar-refractivity contribution >= 4 is 51.4 Å². The molecule has 1 aliphatic heterocycles. The summed E-state index contributed by atoms with van der Waals surface area (Å²) in [5.41, 5.74) is 1.06. The Morgan fingerprint density at radius 2 is 1.93 bits per heavy atom. The Kier molecular flexibility index (Phi) is 6.03. The van der Waals surface area contributed by atoms with Crippen molar-refractivity contribution in [1.82, 2.24) is 5.32 Å². The van der Waals surface area contributed by atoms with Crippen molar-refractivity contribution in [3.05, 3.63) is 49.8 Å². The van der Waals surface area contributed by atoms with E-state index >= 15 is 0 Å². The number of anilines is 1. The molecule has 0 atom stereocenters. The molecule has 0 saturated heterocycles. The number of carbonyl (C=O) groups is 2. The van der Waals surface area contributed by atoms with Gasteiger partial charge < -0.3 is 15.4 Å². The molecular formula is C21H24Cl2N2O3S. The lowest BCUT2D eigenvalue weighted by molar-refractivity contribution is 0.0526. The minimum absolute atomic E-state index is 0.209. The molecule has 0 saturated carbocycles. The summed E-state index contributed by atoms with van der Waals surface area (Å²) in [7, 11) is 0. The summed E-state index contributed by atoms with van der Waals surface area (Å²) in [6.45, 7) is 10.3. The molecule has 2 N–H and O–H groups in total. The van der Waals surface area contributed by atoms with Crippen molar-refractivity contribution in [3.63, 3.8) is 0 Å². The maximum atomic E-state index is 12.9. The van der Waals surface area contributed by atoms with Gasteiger partial charge in [-0.1, -0.05) is 23.2 Å². The summed E-state index contributed by atoms with van der Waals surface area (Å²) < 4.78 is 5.31. The molecule has 29 heavy (non-hydrogen) atoms. The van der Waals surface area contributed by atoms with Crippen molar-refractivity contribution in [2.45, 2.75) is 52.1 Å². The van der Waals surface area contributed by atoms with Crippen molar-refractivity contribution in [2.24, 2.45) is 0 Å². The van der Waals surface area contributed by atoms with E-state index in [1.165, 1.54) is 17.4 Å². The Morgan fingerprint density at radius 1 is 1.24 bits per heavy atom. The van der Waals surface area contributed by atoms with Crippen LogP contribution in [0.15, 0.2) is 18.2 Å². The van der Waals surface area contributed by atoms with Crippen LogP contribution in [-0.4, -0.2) is 24.0 Å². The Hall–Kier alpha value is -1.60. The Labute approximate surface area is 184 Å². The predicted molar refractivity (Wildman–Crippen MR) is 119 cm³/mol. The number of ether oxygens (including phenoxy) is 1. The Morgan fingerprint density at radius 3 is 2.55 bits per heavy atom. The maximum absolute atomic E-state index is 12.9. The highest BCUT2D eigenvalue weighted by Crippen LogP contribution is 2.45. The van der Waals surface area contributed by atoms with Gasteiger partial charge >= 0.3 is 5.97 Å². The van der Waals surface area contributed by atoms with Crippen LogP contribution in [0.1, 0.15) is 65.8 Å². The summed E-state index contributed by atoms with van der Waals surface area (Å²) in [6, 6.07) is 4.68. The number of rotatable bonds is 4. The number of amides is 1. The fourth-order valence-corrected chi connectivity index (χ4v) is 5.63. The molecule has 156 valence electrons. The van der Waals surface area contributed by atoms with Crippen LogP contribution in [-0.2, 0) is 16.7 Å². The van der Waals surface area contributed by atoms with E-state index in [1.54, 1.807) is 19.1 Å². The van der Waals surface area contributed by atoms with E-state index < -0.39 is 11.9 Å². The van der Waals surface area contributed by atoms with Crippen LogP contribution < -0.4 is 10.6 Å². The zero-order valence-corrected chi connectivity index (χ0v) is 19.4. The summed E-state index contributed by atoms with van der Waals surface area (Å²) in [5, 5.41) is 7.64. The second kappa shape index (κ2) is 7.91. The van der Waals surface area contributed by atoms with E-state index in [2.05, 4.69) is 38.3 Å². The van der Waals surface area contributed by atoms with Gasteiger partial charge in [-0.25, -0.2) is 4.79 Å². The summed E-state index contributed by atoms with van der Waals surface area (Å²) >= 11 is 13.5. The van der Waals surface area contributed by atoms with E-state index in [4.69, 9.17) is 27.9 Å². The van der Waals surface area contributed by atoms with Gasteiger partial charge in [0.2, 0.25) is 0 Å². The van der Waals surface area contributed by atoms with Crippen LogP contribution in [0.25, 0.3) is 0 Å². The van der Waals surface area contributed by atoms with Crippen molar-refractivity contribution in [2.75, 3.05) is 11.9 Å². The van der Waals surface area contributed by atoms with Gasteiger partial charge in [-0.3, -0.25) is 4.79 Å². The molecule has 2 aromatic rings. The monoisotopic (exact) mass is 454 g/mol. The molecule has 1 aromatic heterocycles. The standard InChI is InChI=1S/C21H24Cl2N2O3S/c1-6-28-19(27)15-13-10-20(2,3)25-21(4,5)16(13)29-18(15)24-17(26)12-8-7-11(22)9-14(12)23/h7-9,25H,6,10H2,1-5H3,(H,24,26). The number of nitrogens with one attached hydrogen (secondary N) is 2. The Bertz CT molecular complexity index is 983. The fraction of sp³-hybridized carbons (Fsp3) is 0.429. The molecule has 1 aromatic carbocycles. The van der Waals surface area contributed by atoms with Gasteiger partial charge in [-0.2, -0.15) is 0 Å². The van der Waals surface area contributed by atoms with E-state index in [0.29, 0.717) is 22.0 Å². The third-order valence-electron chi connectivity index (χ3n) is 4.73. The number of esters is 1. The van der Waals surface area contributed by atoms with Crippen molar-refractivity contribution in [1.29, 1.82) is 0 Å². The van der Waals surface area contributed by atoms with Crippen LogP contribution >= 0.6 is 34.5 Å². The van der Waals surface area contributed by atoms with Gasteiger partial charge in [-0.15, -0.1) is 11.3 Å². The second-order valence-corrected chi connectivity index (χ2v) is 10.1. The van der Waals surface area contributed by atoms with Crippen molar-refractivity contribution in [3.8, 4) is 0 Å².